The third kappa shape index (κ3) is 3.28. The highest BCUT2D eigenvalue weighted by atomic mass is 16.3. The van der Waals surface area contributed by atoms with Gasteiger partial charge in [0.1, 0.15) is 0 Å². The van der Waals surface area contributed by atoms with Crippen molar-refractivity contribution < 1.29 is 5.11 Å². The lowest BCUT2D eigenvalue weighted by molar-refractivity contribution is 0.221. The number of hydrogen-bond acceptors (Lipinski definition) is 3. The molecule has 1 saturated heterocycles. The van der Waals surface area contributed by atoms with Gasteiger partial charge in [0, 0.05) is 19.1 Å². The Morgan fingerprint density at radius 3 is 3.06 bits per heavy atom. The number of likely N-dealkylation sites (tertiary alicyclic amines) is 1. The van der Waals surface area contributed by atoms with Gasteiger partial charge in [-0.15, -0.1) is 0 Å². The van der Waals surface area contributed by atoms with Gasteiger partial charge in [0.25, 0.3) is 0 Å². The summed E-state index contributed by atoms with van der Waals surface area (Å²) in [5.41, 5.74) is 8.56. The summed E-state index contributed by atoms with van der Waals surface area (Å²) < 4.78 is 0. The summed E-state index contributed by atoms with van der Waals surface area (Å²) >= 11 is 0. The molecule has 17 heavy (non-hydrogen) atoms. The summed E-state index contributed by atoms with van der Waals surface area (Å²) in [6.07, 6.45) is 1.10. The first kappa shape index (κ1) is 12.6. The van der Waals surface area contributed by atoms with Gasteiger partial charge in [-0.3, -0.25) is 4.90 Å². The Kier molecular flexibility index (Phi) is 4.15. The van der Waals surface area contributed by atoms with Crippen molar-refractivity contribution in [2.45, 2.75) is 25.9 Å². The number of rotatable bonds is 4. The summed E-state index contributed by atoms with van der Waals surface area (Å²) in [4.78, 5) is 2.43. The van der Waals surface area contributed by atoms with Crippen LogP contribution in [0.25, 0.3) is 0 Å². The van der Waals surface area contributed by atoms with Gasteiger partial charge in [0.15, 0.2) is 0 Å². The molecule has 3 N–H and O–H groups in total. The van der Waals surface area contributed by atoms with Gasteiger partial charge in [0.2, 0.25) is 0 Å². The molecule has 3 heteroatoms. The molecule has 1 fully saturated rings. The maximum atomic E-state index is 9.06. The highest BCUT2D eigenvalue weighted by Gasteiger charge is 2.26. The Labute approximate surface area is 103 Å². The number of aryl methyl sites for hydroxylation is 1. The van der Waals surface area contributed by atoms with Gasteiger partial charge in [-0.2, -0.15) is 0 Å². The van der Waals surface area contributed by atoms with Crippen LogP contribution in [0, 0.1) is 12.8 Å². The minimum atomic E-state index is -0.0579. The van der Waals surface area contributed by atoms with Crippen LogP contribution in [0.3, 0.4) is 0 Å². The maximum Gasteiger partial charge on any atom is 0.0585 e. The molecule has 0 aliphatic carbocycles. The van der Waals surface area contributed by atoms with Crippen molar-refractivity contribution in [1.29, 1.82) is 0 Å². The molecule has 1 aromatic rings. The van der Waals surface area contributed by atoms with Gasteiger partial charge in [0.05, 0.1) is 6.61 Å². The van der Waals surface area contributed by atoms with Gasteiger partial charge in [-0.25, -0.2) is 0 Å². The molecule has 0 radical (unpaired) electrons. The fourth-order valence-corrected chi connectivity index (χ4v) is 2.57. The van der Waals surface area contributed by atoms with E-state index in [1.165, 1.54) is 11.1 Å². The monoisotopic (exact) mass is 234 g/mol. The van der Waals surface area contributed by atoms with E-state index in [-0.39, 0.29) is 12.6 Å². The second-order valence-corrected chi connectivity index (χ2v) is 5.12. The van der Waals surface area contributed by atoms with E-state index in [4.69, 9.17) is 10.8 Å². The van der Waals surface area contributed by atoms with E-state index in [0.29, 0.717) is 5.92 Å². The Morgan fingerprint density at radius 1 is 1.53 bits per heavy atom. The van der Waals surface area contributed by atoms with E-state index in [0.717, 1.165) is 26.1 Å². The van der Waals surface area contributed by atoms with Crippen molar-refractivity contribution in [2.24, 2.45) is 11.7 Å². The van der Waals surface area contributed by atoms with Crippen LogP contribution in [0.1, 0.15) is 17.5 Å². The molecule has 0 amide bonds. The molecule has 1 aromatic carbocycles. The Bertz CT molecular complexity index is 367. The average molecular weight is 234 g/mol. The van der Waals surface area contributed by atoms with E-state index in [9.17, 15) is 0 Å². The number of aliphatic hydroxyl groups excluding tert-OH is 1. The molecule has 1 aliphatic rings. The van der Waals surface area contributed by atoms with E-state index in [1.54, 1.807) is 0 Å². The molecule has 94 valence electrons. The van der Waals surface area contributed by atoms with Crippen LogP contribution in [0.2, 0.25) is 0 Å². The molecule has 2 rings (SSSR count). The molecular formula is C14H22N2O. The number of benzene rings is 1. The Morgan fingerprint density at radius 2 is 2.35 bits per heavy atom. The predicted molar refractivity (Wildman–Crippen MR) is 69.6 cm³/mol. The van der Waals surface area contributed by atoms with Crippen LogP contribution in [0.5, 0.6) is 0 Å². The molecular weight excluding hydrogens is 212 g/mol. The quantitative estimate of drug-likeness (QED) is 0.821. The zero-order chi connectivity index (χ0) is 12.3. The second kappa shape index (κ2) is 5.63. The molecule has 1 heterocycles. The molecule has 1 aliphatic heterocycles. The van der Waals surface area contributed by atoms with Crippen molar-refractivity contribution in [3.05, 3.63) is 35.4 Å². The smallest absolute Gasteiger partial charge is 0.0585 e. The van der Waals surface area contributed by atoms with E-state index >= 15 is 0 Å². The highest BCUT2D eigenvalue weighted by molar-refractivity contribution is 5.22. The van der Waals surface area contributed by atoms with Crippen LogP contribution >= 0.6 is 0 Å². The van der Waals surface area contributed by atoms with E-state index in [1.807, 2.05) is 0 Å². The predicted octanol–water partition coefficient (Wildman–Crippen LogP) is 1.14. The third-order valence-electron chi connectivity index (χ3n) is 3.61. The highest BCUT2D eigenvalue weighted by Crippen LogP contribution is 2.20. The van der Waals surface area contributed by atoms with Gasteiger partial charge in [-0.05, 0) is 31.4 Å². The fourth-order valence-electron chi connectivity index (χ4n) is 2.57. The SMILES string of the molecule is Cc1cccc(CN2CCC(C(N)CO)C2)c1. The molecule has 0 aromatic heterocycles. The first-order valence-corrected chi connectivity index (χ1v) is 6.33. The Hall–Kier alpha value is -0.900. The maximum absolute atomic E-state index is 9.06. The summed E-state index contributed by atoms with van der Waals surface area (Å²) in [6, 6.07) is 8.58. The average Bonchev–Trinajstić information content (AvgIpc) is 2.76. The van der Waals surface area contributed by atoms with Crippen LogP contribution in [-0.4, -0.2) is 35.7 Å². The van der Waals surface area contributed by atoms with Crippen LogP contribution in [0.15, 0.2) is 24.3 Å². The van der Waals surface area contributed by atoms with Gasteiger partial charge < -0.3 is 10.8 Å². The topological polar surface area (TPSA) is 49.5 Å². The number of aliphatic hydroxyl groups is 1. The summed E-state index contributed by atoms with van der Waals surface area (Å²) in [6.45, 7) is 5.32. The molecule has 0 saturated carbocycles. The first-order valence-electron chi connectivity index (χ1n) is 6.33. The van der Waals surface area contributed by atoms with E-state index < -0.39 is 0 Å². The summed E-state index contributed by atoms with van der Waals surface area (Å²) in [5.74, 6) is 0.449. The standard InChI is InChI=1S/C14H22N2O/c1-11-3-2-4-12(7-11)8-16-6-5-13(9-16)14(15)10-17/h2-4,7,13-14,17H,5-6,8-10,15H2,1H3. The molecule has 0 bridgehead atoms. The van der Waals surface area contributed by atoms with E-state index in [2.05, 4.69) is 36.1 Å². The summed E-state index contributed by atoms with van der Waals surface area (Å²) in [5, 5.41) is 9.06. The molecule has 2 atom stereocenters. The molecule has 2 unspecified atom stereocenters. The summed E-state index contributed by atoms with van der Waals surface area (Å²) in [7, 11) is 0. The van der Waals surface area contributed by atoms with Gasteiger partial charge >= 0.3 is 0 Å². The lowest BCUT2D eigenvalue weighted by atomic mass is 10.0. The largest absolute Gasteiger partial charge is 0.395 e. The second-order valence-electron chi connectivity index (χ2n) is 5.12. The normalized spacial score (nSPS) is 22.9. The van der Waals surface area contributed by atoms with Crippen molar-refractivity contribution in [3.63, 3.8) is 0 Å². The zero-order valence-electron chi connectivity index (χ0n) is 10.5. The van der Waals surface area contributed by atoms with Crippen molar-refractivity contribution in [2.75, 3.05) is 19.7 Å². The Balaban J connectivity index is 1.89. The zero-order valence-corrected chi connectivity index (χ0v) is 10.5. The minimum Gasteiger partial charge on any atom is -0.395 e. The minimum absolute atomic E-state index is 0.0579. The molecule has 3 nitrogen and oxygen atoms in total. The fraction of sp³-hybridized carbons (Fsp3) is 0.571. The number of nitrogens with zero attached hydrogens (tertiary/aromatic N) is 1. The van der Waals surface area contributed by atoms with Crippen LogP contribution < -0.4 is 5.73 Å². The number of hydrogen-bond donors (Lipinski definition) is 2. The number of nitrogens with two attached hydrogens (primary N) is 1. The third-order valence-corrected chi connectivity index (χ3v) is 3.61. The lowest BCUT2D eigenvalue weighted by Crippen LogP contribution is -2.35. The first-order chi connectivity index (χ1) is 8.19. The van der Waals surface area contributed by atoms with Crippen molar-refractivity contribution >= 4 is 0 Å². The van der Waals surface area contributed by atoms with Crippen LogP contribution in [-0.2, 0) is 6.54 Å². The molecule has 0 spiro atoms. The van der Waals surface area contributed by atoms with Crippen LogP contribution in [0.4, 0.5) is 0 Å². The van der Waals surface area contributed by atoms with Crippen molar-refractivity contribution in [1.82, 2.24) is 4.90 Å². The lowest BCUT2D eigenvalue weighted by Gasteiger charge is -2.19. The van der Waals surface area contributed by atoms with Gasteiger partial charge in [-0.1, -0.05) is 29.8 Å². The van der Waals surface area contributed by atoms with Crippen molar-refractivity contribution in [3.8, 4) is 0 Å².